The number of aliphatic hydroxyl groups is 1. The number of amides is 4. The second-order valence-electron chi connectivity index (χ2n) is 15.2. The first-order valence-electron chi connectivity index (χ1n) is 19.2. The normalized spacial score (nSPS) is 18.5. The number of carbonyl (C=O) groups is 5. The molecule has 0 bridgehead atoms. The fourth-order valence-corrected chi connectivity index (χ4v) is 6.94. The Morgan fingerprint density at radius 2 is 1.54 bits per heavy atom. The van der Waals surface area contributed by atoms with Crippen LogP contribution in [-0.2, 0) is 42.9 Å². The number of aromatic nitrogens is 1. The van der Waals surface area contributed by atoms with Gasteiger partial charge in [0.25, 0.3) is 5.91 Å². The van der Waals surface area contributed by atoms with Gasteiger partial charge < -0.3 is 50.0 Å². The van der Waals surface area contributed by atoms with E-state index in [4.69, 9.17) is 24.1 Å². The van der Waals surface area contributed by atoms with E-state index in [-0.39, 0.29) is 70.9 Å². The smallest absolute Gasteiger partial charge is 0.305 e. The van der Waals surface area contributed by atoms with Crippen LogP contribution in [0.4, 0.5) is 4.39 Å². The highest BCUT2D eigenvalue weighted by atomic mass is 32.1. The van der Waals surface area contributed by atoms with Gasteiger partial charge in [0.2, 0.25) is 17.7 Å². The molecular formula is C39H56FN5O11S. The summed E-state index contributed by atoms with van der Waals surface area (Å²) in [7, 11) is 0. The lowest BCUT2D eigenvalue weighted by Gasteiger charge is -2.36. The Balaban J connectivity index is 1.31. The van der Waals surface area contributed by atoms with Crippen LogP contribution in [0.25, 0.3) is 10.4 Å². The molecule has 5 N–H and O–H groups in total. The van der Waals surface area contributed by atoms with Gasteiger partial charge in [-0.1, -0.05) is 45.0 Å². The van der Waals surface area contributed by atoms with Crippen LogP contribution in [0.2, 0.25) is 0 Å². The first kappa shape index (κ1) is 45.6. The number of carboxylic acid groups (broad SMARTS) is 1. The van der Waals surface area contributed by atoms with Gasteiger partial charge in [-0.2, -0.15) is 0 Å². The number of ether oxygens (including phenoxy) is 4. The van der Waals surface area contributed by atoms with Crippen molar-refractivity contribution in [1.29, 1.82) is 0 Å². The van der Waals surface area contributed by atoms with Gasteiger partial charge in [0.15, 0.2) is 5.67 Å². The number of nitrogens with zero attached hydrogens (tertiary/aromatic N) is 2. The maximum Gasteiger partial charge on any atom is 0.305 e. The number of β-amino-alcohol motifs (C(OH)–C–C–N with tert-alkyl or cyclic N) is 1. The maximum atomic E-state index is 14.6. The van der Waals surface area contributed by atoms with E-state index in [1.54, 1.807) is 26.3 Å². The average molecular weight is 822 g/mol. The van der Waals surface area contributed by atoms with Gasteiger partial charge in [-0.15, -0.1) is 11.3 Å². The standard InChI is InChI=1S/C39H56FN5O11S/c1-25-33(57-24-42-25)27-7-5-26(6-8-27)29(22-31(47)41-12-14-54-16-18-56-20-19-55-17-15-53-13-9-32(48)49)43-35(50)30-21-28(46)23-45(30)36(51)34(38(2,3)4)44-37(52)39(40)10-11-39/h5-8,24,28-30,34,46H,9-23H2,1-4H3,(H,41,47)(H,43,50)(H,44,52)(H,48,49)/t28-,29+,30+,34?/m1/s1. The Morgan fingerprint density at radius 3 is 2.09 bits per heavy atom. The Labute approximate surface area is 336 Å². The number of rotatable bonds is 24. The van der Waals surface area contributed by atoms with Gasteiger partial charge in [-0.3, -0.25) is 24.0 Å². The molecule has 0 radical (unpaired) electrons. The molecule has 1 aromatic heterocycles. The van der Waals surface area contributed by atoms with Crippen LogP contribution in [0.3, 0.4) is 0 Å². The molecule has 2 fully saturated rings. The van der Waals surface area contributed by atoms with Crippen molar-refractivity contribution in [2.75, 3.05) is 65.9 Å². The van der Waals surface area contributed by atoms with E-state index in [0.717, 1.165) is 16.1 Å². The Hall–Kier alpha value is -4.07. The van der Waals surface area contributed by atoms with Gasteiger partial charge >= 0.3 is 5.97 Å². The molecule has 2 aromatic rings. The predicted octanol–water partition coefficient (Wildman–Crippen LogP) is 2.32. The molecule has 16 nitrogen and oxygen atoms in total. The number of benzene rings is 1. The van der Waals surface area contributed by atoms with E-state index in [1.807, 2.05) is 31.2 Å². The van der Waals surface area contributed by atoms with Gasteiger partial charge in [-0.25, -0.2) is 9.37 Å². The van der Waals surface area contributed by atoms with Crippen molar-refractivity contribution in [1.82, 2.24) is 25.8 Å². The molecule has 4 rings (SSSR count). The van der Waals surface area contributed by atoms with Crippen molar-refractivity contribution >= 4 is 40.9 Å². The predicted molar refractivity (Wildman–Crippen MR) is 207 cm³/mol. The number of aryl methyl sites for hydroxylation is 1. The molecular weight excluding hydrogens is 766 g/mol. The molecule has 1 aliphatic carbocycles. The van der Waals surface area contributed by atoms with Crippen LogP contribution in [-0.4, -0.2) is 139 Å². The van der Waals surface area contributed by atoms with Crippen LogP contribution in [0.15, 0.2) is 29.8 Å². The van der Waals surface area contributed by atoms with Crippen LogP contribution in [0.1, 0.15) is 70.2 Å². The van der Waals surface area contributed by atoms with Crippen molar-refractivity contribution in [2.45, 2.75) is 89.7 Å². The van der Waals surface area contributed by atoms with Gasteiger partial charge in [-0.05, 0) is 36.3 Å². The van der Waals surface area contributed by atoms with Gasteiger partial charge in [0.05, 0.1) is 93.9 Å². The minimum atomic E-state index is -2.01. The topological polar surface area (TPSA) is 215 Å². The van der Waals surface area contributed by atoms with E-state index in [0.29, 0.717) is 38.6 Å². The number of aliphatic hydroxyl groups excluding tert-OH is 1. The summed E-state index contributed by atoms with van der Waals surface area (Å²) in [5.74, 6) is -3.33. The summed E-state index contributed by atoms with van der Waals surface area (Å²) in [6.45, 7) is 9.39. The molecule has 1 saturated carbocycles. The number of alkyl halides is 1. The summed E-state index contributed by atoms with van der Waals surface area (Å²) >= 11 is 1.50. The SMILES string of the molecule is Cc1ncsc1-c1ccc([C@H](CC(=O)NCCOCCOCCOCCOCCC(=O)O)NC(=O)[C@@H]2C[C@@H](O)CN2C(=O)C(NC(=O)C2(F)CC2)C(C)(C)C)cc1. The van der Waals surface area contributed by atoms with E-state index in [2.05, 4.69) is 20.9 Å². The Morgan fingerprint density at radius 1 is 0.947 bits per heavy atom. The third-order valence-electron chi connectivity index (χ3n) is 9.52. The van der Waals surface area contributed by atoms with Crippen molar-refractivity contribution in [3.63, 3.8) is 0 Å². The van der Waals surface area contributed by atoms with Crippen LogP contribution >= 0.6 is 11.3 Å². The molecule has 1 aliphatic heterocycles. The number of carboxylic acids is 1. The van der Waals surface area contributed by atoms with Crippen molar-refractivity contribution in [3.8, 4) is 10.4 Å². The fraction of sp³-hybridized carbons (Fsp3) is 0.641. The second kappa shape index (κ2) is 21.6. The van der Waals surface area contributed by atoms with E-state index < -0.39 is 59.0 Å². The largest absolute Gasteiger partial charge is 0.481 e. The van der Waals surface area contributed by atoms with Crippen molar-refractivity contribution in [2.24, 2.45) is 5.41 Å². The summed E-state index contributed by atoms with van der Waals surface area (Å²) in [5, 5.41) is 27.5. The lowest BCUT2D eigenvalue weighted by Crippen LogP contribution is -2.59. The molecule has 18 heteroatoms. The second-order valence-corrected chi connectivity index (χ2v) is 16.1. The number of likely N-dealkylation sites (tertiary alicyclic amines) is 1. The lowest BCUT2D eigenvalue weighted by molar-refractivity contribution is -0.145. The van der Waals surface area contributed by atoms with Gasteiger partial charge in [0.1, 0.15) is 12.1 Å². The highest BCUT2D eigenvalue weighted by Gasteiger charge is 2.53. The highest BCUT2D eigenvalue weighted by molar-refractivity contribution is 7.13. The highest BCUT2D eigenvalue weighted by Crippen LogP contribution is 2.40. The zero-order chi connectivity index (χ0) is 41.6. The summed E-state index contributed by atoms with van der Waals surface area (Å²) < 4.78 is 36.1. The number of hydrogen-bond acceptors (Lipinski definition) is 12. The molecule has 1 unspecified atom stereocenters. The molecule has 4 amide bonds. The monoisotopic (exact) mass is 821 g/mol. The molecule has 57 heavy (non-hydrogen) atoms. The van der Waals surface area contributed by atoms with E-state index in [1.165, 1.54) is 16.2 Å². The zero-order valence-electron chi connectivity index (χ0n) is 33.1. The third-order valence-corrected chi connectivity index (χ3v) is 10.5. The van der Waals surface area contributed by atoms with Crippen molar-refractivity contribution < 1.29 is 57.5 Å². The number of halogens is 1. The fourth-order valence-electron chi connectivity index (χ4n) is 6.13. The summed E-state index contributed by atoms with van der Waals surface area (Å²) in [6, 6.07) is 4.34. The first-order chi connectivity index (χ1) is 27.1. The molecule has 1 aromatic carbocycles. The molecule has 1 saturated heterocycles. The zero-order valence-corrected chi connectivity index (χ0v) is 33.9. The van der Waals surface area contributed by atoms with E-state index in [9.17, 15) is 33.5 Å². The number of carbonyl (C=O) groups excluding carboxylic acids is 4. The van der Waals surface area contributed by atoms with Crippen LogP contribution in [0, 0.1) is 12.3 Å². The number of nitrogens with one attached hydrogen (secondary N) is 3. The van der Waals surface area contributed by atoms with Crippen LogP contribution < -0.4 is 16.0 Å². The number of aliphatic carboxylic acids is 1. The maximum absolute atomic E-state index is 14.6. The molecule has 2 aliphatic rings. The summed E-state index contributed by atoms with van der Waals surface area (Å²) in [6.07, 6.45) is -1.11. The van der Waals surface area contributed by atoms with Crippen LogP contribution in [0.5, 0.6) is 0 Å². The molecule has 2 heterocycles. The summed E-state index contributed by atoms with van der Waals surface area (Å²) in [5.41, 5.74) is 1.36. The average Bonchev–Trinajstić information content (AvgIpc) is 3.56. The third kappa shape index (κ3) is 14.4. The number of hydrogen-bond donors (Lipinski definition) is 5. The first-order valence-corrected chi connectivity index (χ1v) is 20.1. The Bertz CT molecular complexity index is 1650. The summed E-state index contributed by atoms with van der Waals surface area (Å²) in [4.78, 5) is 70.8. The molecule has 4 atom stereocenters. The minimum absolute atomic E-state index is 0.0560. The molecule has 316 valence electrons. The minimum Gasteiger partial charge on any atom is -0.481 e. The van der Waals surface area contributed by atoms with Gasteiger partial charge in [0, 0.05) is 19.5 Å². The lowest BCUT2D eigenvalue weighted by atomic mass is 9.85. The molecule has 0 spiro atoms. The van der Waals surface area contributed by atoms with E-state index >= 15 is 0 Å². The Kier molecular flexibility index (Phi) is 17.3. The number of thiazole rings is 1. The quantitative estimate of drug-likeness (QED) is 0.0966. The van der Waals surface area contributed by atoms with Crippen molar-refractivity contribution in [3.05, 3.63) is 41.0 Å².